The number of aromatic nitrogens is 2. The molecule has 29 heavy (non-hydrogen) atoms. The number of nitrogens with zero attached hydrogens (tertiary/aromatic N) is 2. The van der Waals surface area contributed by atoms with Gasteiger partial charge in [0.15, 0.2) is 0 Å². The van der Waals surface area contributed by atoms with Crippen LogP contribution in [-0.2, 0) is 31.6 Å². The standard InChI is InChI=1S/C9H16N3O13P3.Na/c10-7-1-2-12(9(14)11-7)8-3-5(13)6(23-8)4-22-27(18,19)25-28(20,21)24-26(15,16)17;/h1-2,5-6,8,13H,3-4H2,(H,18,19)(H,20,21)(H2,10,11,14)(H2,15,16,17);/q;+1/t5-,6+,8+;/m0./s1/i1+1,2+1,3+1,4+1,5+1,6+1,7+1,8+1,9+1,10+1,11+1,12+1;. The Hall–Kier alpha value is 0.01000. The predicted molar refractivity (Wildman–Crippen MR) is 87.3 cm³/mol. The van der Waals surface area contributed by atoms with Gasteiger partial charge in [-0.15, -0.1) is 0 Å². The summed E-state index contributed by atoms with van der Waals surface area (Å²) in [6.07, 6.45) is -2.42. The number of aliphatic hydroxyl groups is 1. The first-order chi connectivity index (χ1) is 12.7. The van der Waals surface area contributed by atoms with Gasteiger partial charge < -0.3 is 35.2 Å². The van der Waals surface area contributed by atoms with Crippen LogP contribution in [0.5, 0.6) is 0 Å². The van der Waals surface area contributed by atoms with Crippen molar-refractivity contribution in [3.8, 4) is 0 Å². The molecule has 0 saturated carbocycles. The molecule has 2 unspecified atom stereocenters. The molecule has 2 rings (SSSR count). The molecule has 20 heteroatoms. The number of ether oxygens (including phenoxy) is 1. The number of hydrogen-bond acceptors (Lipinski definition) is 11. The third-order valence-electron chi connectivity index (χ3n) is 3.18. The molecule has 1 aromatic rings. The minimum Gasteiger partial charge on any atom is -0.390 e. The first kappa shape index (κ1) is 27.0. The fourth-order valence-electron chi connectivity index (χ4n) is 2.15. The van der Waals surface area contributed by atoms with Gasteiger partial charge in [-0.3, -0.25) is 9.09 Å². The van der Waals surface area contributed by atoms with Crippen LogP contribution in [0.2, 0.25) is 0 Å². The number of nitrogen functional groups attached to an aromatic ring is 1. The van der Waals surface area contributed by atoms with Crippen molar-refractivity contribution in [2.45, 2.75) is 24.9 Å². The maximum absolute atomic E-state index is 11.8. The van der Waals surface area contributed by atoms with Gasteiger partial charge in [0.25, 0.3) is 0 Å². The molecule has 0 aromatic carbocycles. The molecular formula is C9H16N3NaO13P3+. The van der Waals surface area contributed by atoms with E-state index >= 15 is 0 Å². The number of nitrogens with two attached hydrogens (primary N) is 1. The van der Waals surface area contributed by atoms with E-state index in [-0.39, 0.29) is 41.8 Å². The topological polar surface area (TPSA) is 250 Å². The second-order valence-corrected chi connectivity index (χ2v) is 9.78. The van der Waals surface area contributed by atoms with Crippen molar-refractivity contribution in [1.82, 2.24) is 9.55 Å². The molecule has 0 spiro atoms. The zero-order valence-electron chi connectivity index (χ0n) is 14.6. The molecule has 0 bridgehead atoms. The summed E-state index contributed by atoms with van der Waals surface area (Å²) in [5.41, 5.74) is 4.58. The van der Waals surface area contributed by atoms with Crippen molar-refractivity contribution in [2.24, 2.45) is 0 Å². The number of anilines is 1. The summed E-state index contributed by atoms with van der Waals surface area (Å²) in [4.78, 5) is 50.5. The van der Waals surface area contributed by atoms with E-state index in [0.29, 0.717) is 0 Å². The SMILES string of the molecule is [15NH2][13c]1[13cH][13cH][15n]([13C@H]2[13CH2][13C@H](O)[13C@@H]([13CH2]OP(=O)(O)OP(=O)(O)OP(=O)(O)O)O2)[13c](=O)[15n]1.[Na+]. The zero-order valence-corrected chi connectivity index (χ0v) is 19.3. The molecule has 1 aliphatic heterocycles. The van der Waals surface area contributed by atoms with Crippen LogP contribution in [0, 0.1) is 0 Å². The molecule has 0 radical (unpaired) electrons. The molecule has 16 nitrogen and oxygen atoms in total. The number of aliphatic hydroxyl groups excluding tert-OH is 1. The van der Waals surface area contributed by atoms with Gasteiger partial charge in [-0.25, -0.2) is 18.5 Å². The molecule has 5 atom stereocenters. The monoisotopic (exact) mass is 502 g/mol. The third-order valence-corrected chi connectivity index (χ3v) is 6.99. The van der Waals surface area contributed by atoms with Gasteiger partial charge in [0.1, 0.15) is 18.1 Å². The van der Waals surface area contributed by atoms with Gasteiger partial charge in [0.05, 0.1) is 12.7 Å². The van der Waals surface area contributed by atoms with E-state index in [9.17, 15) is 28.5 Å². The summed E-state index contributed by atoms with van der Waals surface area (Å²) in [6.45, 7) is -0.849. The number of phosphoric ester groups is 1. The zero-order chi connectivity index (χ0) is 21.3. The molecular weight excluding hydrogens is 486 g/mol. The van der Waals surface area contributed by atoms with Crippen LogP contribution in [-0.4, -0.2) is 53.0 Å². The van der Waals surface area contributed by atoms with Crippen molar-refractivity contribution in [1.29, 1.82) is 0 Å². The second kappa shape index (κ2) is 10.1. The van der Waals surface area contributed by atoms with E-state index in [1.165, 1.54) is 12.3 Å². The Bertz CT molecular complexity index is 920. The van der Waals surface area contributed by atoms with Gasteiger partial charge in [0, 0.05) is 12.6 Å². The molecule has 0 amide bonds. The quantitative estimate of drug-likeness (QED) is 0.0854. The molecule has 1 saturated heterocycles. The van der Waals surface area contributed by atoms with Crippen LogP contribution in [0.1, 0.15) is 12.6 Å². The summed E-state index contributed by atoms with van der Waals surface area (Å²) in [6, 6.07) is 1.30. The van der Waals surface area contributed by atoms with Crippen molar-refractivity contribution in [3.05, 3.63) is 22.7 Å². The molecule has 7 N–H and O–H groups in total. The maximum Gasteiger partial charge on any atom is 1.00 e. The fraction of sp³-hybridized carbons (Fsp3) is 0.556. The first-order valence-electron chi connectivity index (χ1n) is 7.14. The molecule has 2 heterocycles. The Balaban J connectivity index is 0.00000420. The third kappa shape index (κ3) is 8.57. The molecule has 160 valence electrons. The van der Waals surface area contributed by atoms with E-state index in [0.717, 1.165) is 4.57 Å². The van der Waals surface area contributed by atoms with Gasteiger partial charge in [0.2, 0.25) is 0 Å². The predicted octanol–water partition coefficient (Wildman–Crippen LogP) is -4.18. The van der Waals surface area contributed by atoms with E-state index in [4.69, 9.17) is 25.2 Å². The van der Waals surface area contributed by atoms with Gasteiger partial charge in [-0.05, 0) is 6.07 Å². The summed E-state index contributed by atoms with van der Waals surface area (Å²) in [5, 5.41) is 9.94. The van der Waals surface area contributed by atoms with Crippen LogP contribution in [0.15, 0.2) is 17.1 Å². The van der Waals surface area contributed by atoms with Gasteiger partial charge in [-0.2, -0.15) is 13.6 Å². The van der Waals surface area contributed by atoms with Gasteiger partial charge in [-0.1, -0.05) is 0 Å². The van der Waals surface area contributed by atoms with E-state index in [1.807, 2.05) is 0 Å². The summed E-state index contributed by atoms with van der Waals surface area (Å²) in [7, 11) is -16.5. The van der Waals surface area contributed by atoms with Crippen molar-refractivity contribution in [3.63, 3.8) is 0 Å². The van der Waals surface area contributed by atoms with Crippen LogP contribution in [0.3, 0.4) is 0 Å². The molecule has 1 aromatic heterocycles. The number of hydrogen-bond donors (Lipinski definition) is 6. The normalized spacial score (nSPS) is 26.3. The van der Waals surface area contributed by atoms with Crippen molar-refractivity contribution in [2.75, 3.05) is 12.3 Å². The number of phosphoric acid groups is 3. The molecule has 1 aliphatic rings. The number of rotatable bonds is 8. The summed E-state index contributed by atoms with van der Waals surface area (Å²) < 4.78 is 51.2. The van der Waals surface area contributed by atoms with E-state index in [2.05, 4.69) is 18.1 Å². The Morgan fingerprint density at radius 3 is 2.38 bits per heavy atom. The summed E-state index contributed by atoms with van der Waals surface area (Å²) >= 11 is 0. The van der Waals surface area contributed by atoms with Crippen LogP contribution < -0.4 is 41.0 Å². The van der Waals surface area contributed by atoms with E-state index in [1.54, 1.807) is 0 Å². The summed E-state index contributed by atoms with van der Waals surface area (Å²) in [5.74, 6) is -0.0380. The Labute approximate surface area is 184 Å². The van der Waals surface area contributed by atoms with Crippen LogP contribution in [0.25, 0.3) is 0 Å². The minimum absolute atomic E-state index is 0. The van der Waals surface area contributed by atoms with Crippen LogP contribution >= 0.6 is 23.5 Å². The Kier molecular flexibility index (Phi) is 9.41. The first-order valence-corrected chi connectivity index (χ1v) is 11.7. The van der Waals surface area contributed by atoms with Crippen LogP contribution in [0.4, 0.5) is 5.82 Å². The Morgan fingerprint density at radius 1 is 1.21 bits per heavy atom. The van der Waals surface area contributed by atoms with Crippen molar-refractivity contribution >= 4 is 29.3 Å². The smallest absolute Gasteiger partial charge is 0.390 e. The minimum atomic E-state index is -5.65. The molecule has 1 fully saturated rings. The van der Waals surface area contributed by atoms with Gasteiger partial charge >= 0.3 is 58.7 Å². The fourth-order valence-corrected chi connectivity index (χ4v) is 5.18. The largest absolute Gasteiger partial charge is 1.00 e. The molecule has 0 aliphatic carbocycles. The maximum atomic E-state index is 11.8. The average molecular weight is 502 g/mol. The Morgan fingerprint density at radius 2 is 1.83 bits per heavy atom. The second-order valence-electron chi connectivity index (χ2n) is 5.36. The van der Waals surface area contributed by atoms with E-state index < -0.39 is 54.2 Å². The average Bonchev–Trinajstić information content (AvgIpc) is 2.82. The van der Waals surface area contributed by atoms with Crippen molar-refractivity contribution < 1.29 is 85.8 Å².